The molecule has 130 valence electrons. The van der Waals surface area contributed by atoms with Crippen molar-refractivity contribution in [2.75, 3.05) is 5.73 Å². The Bertz CT molecular complexity index is 861. The van der Waals surface area contributed by atoms with Crippen molar-refractivity contribution in [1.82, 2.24) is 20.3 Å². The average molecular weight is 356 g/mol. The highest BCUT2D eigenvalue weighted by Crippen LogP contribution is 2.23. The SMILES string of the molecule is Cl.Nc1ncnc2ccc(-c3cccc(CNC4CCCC4)c3)nc12. The summed E-state index contributed by atoms with van der Waals surface area (Å²) in [5.41, 5.74) is 10.6. The van der Waals surface area contributed by atoms with Gasteiger partial charge in [-0.2, -0.15) is 0 Å². The largest absolute Gasteiger partial charge is 0.382 e. The fourth-order valence-electron chi connectivity index (χ4n) is 3.35. The zero-order valence-corrected chi connectivity index (χ0v) is 14.8. The monoisotopic (exact) mass is 355 g/mol. The molecule has 1 saturated carbocycles. The van der Waals surface area contributed by atoms with Crippen LogP contribution in [-0.4, -0.2) is 21.0 Å². The Kier molecular flexibility index (Phi) is 5.46. The second kappa shape index (κ2) is 7.76. The maximum atomic E-state index is 5.93. The molecule has 0 radical (unpaired) electrons. The molecule has 0 spiro atoms. The number of nitrogens with two attached hydrogens (primary N) is 1. The highest BCUT2D eigenvalue weighted by Gasteiger charge is 2.14. The van der Waals surface area contributed by atoms with Crippen molar-refractivity contribution < 1.29 is 0 Å². The fraction of sp³-hybridized carbons (Fsp3) is 0.316. The van der Waals surface area contributed by atoms with Crippen LogP contribution < -0.4 is 11.1 Å². The van der Waals surface area contributed by atoms with Crippen LogP contribution in [0.1, 0.15) is 31.2 Å². The number of benzene rings is 1. The van der Waals surface area contributed by atoms with Crippen LogP contribution in [0.15, 0.2) is 42.7 Å². The number of anilines is 1. The van der Waals surface area contributed by atoms with Gasteiger partial charge in [-0.05, 0) is 36.6 Å². The third-order valence-electron chi connectivity index (χ3n) is 4.68. The van der Waals surface area contributed by atoms with Gasteiger partial charge in [0.1, 0.15) is 11.8 Å². The maximum Gasteiger partial charge on any atom is 0.153 e. The van der Waals surface area contributed by atoms with Crippen LogP contribution in [0.4, 0.5) is 5.82 Å². The minimum absolute atomic E-state index is 0. The number of nitrogens with zero attached hydrogens (tertiary/aromatic N) is 3. The first-order valence-electron chi connectivity index (χ1n) is 8.49. The van der Waals surface area contributed by atoms with Gasteiger partial charge >= 0.3 is 0 Å². The number of nitrogens with one attached hydrogen (secondary N) is 1. The summed E-state index contributed by atoms with van der Waals surface area (Å²) >= 11 is 0. The van der Waals surface area contributed by atoms with E-state index < -0.39 is 0 Å². The smallest absolute Gasteiger partial charge is 0.153 e. The molecule has 3 aromatic rings. The first kappa shape index (κ1) is 17.6. The predicted molar refractivity (Wildman–Crippen MR) is 104 cm³/mol. The van der Waals surface area contributed by atoms with Gasteiger partial charge in [0.15, 0.2) is 5.82 Å². The second-order valence-corrected chi connectivity index (χ2v) is 6.39. The topological polar surface area (TPSA) is 76.7 Å². The first-order chi connectivity index (χ1) is 11.8. The molecule has 0 unspecified atom stereocenters. The average Bonchev–Trinajstić information content (AvgIpc) is 3.14. The minimum atomic E-state index is 0. The van der Waals surface area contributed by atoms with E-state index in [2.05, 4.69) is 44.5 Å². The normalized spacial score (nSPS) is 14.6. The zero-order chi connectivity index (χ0) is 16.4. The lowest BCUT2D eigenvalue weighted by molar-refractivity contribution is 0.524. The summed E-state index contributed by atoms with van der Waals surface area (Å²) in [7, 11) is 0. The van der Waals surface area contributed by atoms with E-state index in [1.54, 1.807) is 0 Å². The van der Waals surface area contributed by atoms with Crippen LogP contribution in [0.25, 0.3) is 22.3 Å². The van der Waals surface area contributed by atoms with Crippen molar-refractivity contribution in [3.05, 3.63) is 48.3 Å². The third-order valence-corrected chi connectivity index (χ3v) is 4.68. The Morgan fingerprint density at radius 1 is 1.08 bits per heavy atom. The van der Waals surface area contributed by atoms with Crippen LogP contribution in [0.2, 0.25) is 0 Å². The van der Waals surface area contributed by atoms with E-state index in [0.717, 1.165) is 23.3 Å². The summed E-state index contributed by atoms with van der Waals surface area (Å²) in [5.74, 6) is 0.418. The maximum absolute atomic E-state index is 5.93. The molecule has 4 rings (SSSR count). The summed E-state index contributed by atoms with van der Waals surface area (Å²) < 4.78 is 0. The highest BCUT2D eigenvalue weighted by atomic mass is 35.5. The number of aromatic nitrogens is 3. The van der Waals surface area contributed by atoms with Crippen molar-refractivity contribution >= 4 is 29.3 Å². The number of hydrogen-bond donors (Lipinski definition) is 2. The third kappa shape index (κ3) is 3.89. The summed E-state index contributed by atoms with van der Waals surface area (Å²) in [6.45, 7) is 0.900. The lowest BCUT2D eigenvalue weighted by atomic mass is 10.1. The Balaban J connectivity index is 0.00000182. The van der Waals surface area contributed by atoms with E-state index in [0.29, 0.717) is 17.4 Å². The van der Waals surface area contributed by atoms with E-state index >= 15 is 0 Å². The van der Waals surface area contributed by atoms with Gasteiger partial charge in [0, 0.05) is 18.2 Å². The van der Waals surface area contributed by atoms with E-state index in [1.165, 1.54) is 37.6 Å². The first-order valence-corrected chi connectivity index (χ1v) is 8.49. The van der Waals surface area contributed by atoms with Crippen molar-refractivity contribution in [1.29, 1.82) is 0 Å². The van der Waals surface area contributed by atoms with Crippen molar-refractivity contribution in [3.63, 3.8) is 0 Å². The number of nitrogen functional groups attached to an aromatic ring is 1. The quantitative estimate of drug-likeness (QED) is 0.745. The Hall–Kier alpha value is -2.24. The molecule has 6 heteroatoms. The molecule has 3 N–H and O–H groups in total. The number of fused-ring (bicyclic) bond motifs is 1. The van der Waals surface area contributed by atoms with Crippen LogP contribution in [-0.2, 0) is 6.54 Å². The van der Waals surface area contributed by atoms with Crippen molar-refractivity contribution in [2.45, 2.75) is 38.3 Å². The summed E-state index contributed by atoms with van der Waals surface area (Å²) in [4.78, 5) is 12.9. The molecule has 0 amide bonds. The summed E-state index contributed by atoms with van der Waals surface area (Å²) in [6, 6.07) is 13.1. The van der Waals surface area contributed by atoms with Gasteiger partial charge in [-0.1, -0.05) is 31.0 Å². The molecule has 5 nitrogen and oxygen atoms in total. The number of halogens is 1. The van der Waals surface area contributed by atoms with Gasteiger partial charge in [0.2, 0.25) is 0 Å². The minimum Gasteiger partial charge on any atom is -0.382 e. The molecule has 0 saturated heterocycles. The predicted octanol–water partition coefficient (Wildman–Crippen LogP) is 3.73. The van der Waals surface area contributed by atoms with E-state index in [1.807, 2.05) is 12.1 Å². The van der Waals surface area contributed by atoms with Gasteiger partial charge in [-0.15, -0.1) is 12.4 Å². The van der Waals surface area contributed by atoms with Gasteiger partial charge in [0.05, 0.1) is 11.2 Å². The molecule has 1 aliphatic rings. The van der Waals surface area contributed by atoms with Crippen LogP contribution in [0.5, 0.6) is 0 Å². The summed E-state index contributed by atoms with van der Waals surface area (Å²) in [5, 5.41) is 3.65. The second-order valence-electron chi connectivity index (χ2n) is 6.39. The molecule has 0 bridgehead atoms. The number of rotatable bonds is 4. The van der Waals surface area contributed by atoms with Gasteiger partial charge in [0.25, 0.3) is 0 Å². The molecular weight excluding hydrogens is 334 g/mol. The molecular formula is C19H22ClN5. The van der Waals surface area contributed by atoms with Crippen LogP contribution >= 0.6 is 12.4 Å². The van der Waals surface area contributed by atoms with E-state index in [4.69, 9.17) is 5.73 Å². The van der Waals surface area contributed by atoms with Gasteiger partial charge in [-0.25, -0.2) is 15.0 Å². The fourth-order valence-corrected chi connectivity index (χ4v) is 3.35. The molecule has 2 aromatic heterocycles. The van der Waals surface area contributed by atoms with Gasteiger partial charge in [-0.3, -0.25) is 0 Å². The van der Waals surface area contributed by atoms with Gasteiger partial charge < -0.3 is 11.1 Å². The van der Waals surface area contributed by atoms with Crippen molar-refractivity contribution in [3.8, 4) is 11.3 Å². The molecule has 1 fully saturated rings. The van der Waals surface area contributed by atoms with Crippen molar-refractivity contribution in [2.24, 2.45) is 0 Å². The molecule has 1 aliphatic carbocycles. The van der Waals surface area contributed by atoms with Crippen LogP contribution in [0.3, 0.4) is 0 Å². The lowest BCUT2D eigenvalue weighted by Crippen LogP contribution is -2.25. The Morgan fingerprint density at radius 2 is 1.92 bits per heavy atom. The van der Waals surface area contributed by atoms with Crippen LogP contribution in [0, 0.1) is 0 Å². The van der Waals surface area contributed by atoms with E-state index in [9.17, 15) is 0 Å². The Morgan fingerprint density at radius 3 is 2.76 bits per heavy atom. The number of hydrogen-bond acceptors (Lipinski definition) is 5. The molecule has 0 aliphatic heterocycles. The lowest BCUT2D eigenvalue weighted by Gasteiger charge is -2.12. The molecule has 1 aromatic carbocycles. The zero-order valence-electron chi connectivity index (χ0n) is 14.0. The number of pyridine rings is 1. The molecule has 2 heterocycles. The summed E-state index contributed by atoms with van der Waals surface area (Å²) in [6.07, 6.45) is 6.76. The van der Waals surface area contributed by atoms with E-state index in [-0.39, 0.29) is 12.4 Å². The molecule has 0 atom stereocenters. The Labute approximate surface area is 153 Å². The highest BCUT2D eigenvalue weighted by molar-refractivity contribution is 5.86. The standard InChI is InChI=1S/C19H21N5.ClH/c20-19-18-17(22-12-23-19)9-8-16(24-18)14-5-3-4-13(10-14)11-21-15-6-1-2-7-15;/h3-5,8-10,12,15,21H,1-2,6-7,11H2,(H2,20,22,23);1H. The molecule has 25 heavy (non-hydrogen) atoms.